The second-order valence-corrected chi connectivity index (χ2v) is 7.67. The highest BCUT2D eigenvalue weighted by Gasteiger charge is 2.20. The van der Waals surface area contributed by atoms with Gasteiger partial charge in [0.15, 0.2) is 0 Å². The number of rotatable bonds is 1. The number of hydrogen-bond donors (Lipinski definition) is 1. The lowest BCUT2D eigenvalue weighted by atomic mass is 10.2. The smallest absolute Gasteiger partial charge is 0.215 e. The Morgan fingerprint density at radius 3 is 2.64 bits per heavy atom. The summed E-state index contributed by atoms with van der Waals surface area (Å²) in [5.41, 5.74) is 0.981. The Bertz CT molecular complexity index is 462. The molecule has 1 N–H and O–H groups in total. The average molecular weight is 203 g/mol. The predicted octanol–water partition coefficient (Wildman–Crippen LogP) is 1.64. The van der Waals surface area contributed by atoms with Gasteiger partial charge in [0, 0.05) is 11.6 Å². The summed E-state index contributed by atoms with van der Waals surface area (Å²) in [6.45, 7) is 3.80. The molecule has 0 atom stereocenters. The van der Waals surface area contributed by atoms with Crippen LogP contribution in [0.2, 0.25) is 13.1 Å². The van der Waals surface area contributed by atoms with Crippen LogP contribution < -0.4 is 5.19 Å². The quantitative estimate of drug-likeness (QED) is 0.715. The molecule has 3 heteroatoms. The van der Waals surface area contributed by atoms with E-state index in [-0.39, 0.29) is 0 Å². The molecule has 2 nitrogen and oxygen atoms in total. The minimum absolute atomic E-state index is 0.981. The normalized spacial score (nSPS) is 11.9. The van der Waals surface area contributed by atoms with E-state index in [9.17, 15) is 4.80 Å². The second kappa shape index (κ2) is 3.19. The van der Waals surface area contributed by atoms with Crippen LogP contribution in [0.4, 0.5) is 0 Å². The van der Waals surface area contributed by atoms with Crippen LogP contribution in [-0.4, -0.2) is 18.1 Å². The van der Waals surface area contributed by atoms with Gasteiger partial charge >= 0.3 is 0 Å². The summed E-state index contributed by atoms with van der Waals surface area (Å²) < 4.78 is 0. The van der Waals surface area contributed by atoms with E-state index >= 15 is 0 Å². The molecular formula is C11H13NOSi. The predicted molar refractivity (Wildman–Crippen MR) is 61.1 cm³/mol. The van der Waals surface area contributed by atoms with Gasteiger partial charge in [-0.05, 0) is 30.4 Å². The molecular weight excluding hydrogens is 190 g/mol. The number of benzene rings is 1. The third kappa shape index (κ3) is 1.69. The summed E-state index contributed by atoms with van der Waals surface area (Å²) in [4.78, 5) is 14.3. The van der Waals surface area contributed by atoms with Crippen molar-refractivity contribution >= 4 is 24.4 Å². The number of para-hydroxylation sites is 1. The maximum absolute atomic E-state index is 9.95. The van der Waals surface area contributed by atoms with Gasteiger partial charge in [-0.25, -0.2) is 0 Å². The Hall–Kier alpha value is -1.19. The molecule has 0 aliphatic heterocycles. The zero-order valence-electron chi connectivity index (χ0n) is 8.36. The molecule has 0 radical (unpaired) electrons. The van der Waals surface area contributed by atoms with Crippen LogP contribution in [0.3, 0.4) is 0 Å². The third-order valence-electron chi connectivity index (χ3n) is 2.30. The average Bonchev–Trinajstić information content (AvgIpc) is 2.16. The molecule has 0 bridgehead atoms. The standard InChI is InChI=1S/C11H13NOSi/c1-14(2,13)10-7-9-5-3-4-6-11(9)12-8-10/h3-8,13H,1-2H3. The second-order valence-electron chi connectivity index (χ2n) is 3.98. The summed E-state index contributed by atoms with van der Waals surface area (Å²) in [6, 6.07) is 9.99. The van der Waals surface area contributed by atoms with Crippen LogP contribution in [0.5, 0.6) is 0 Å². The van der Waals surface area contributed by atoms with Crippen LogP contribution in [0.1, 0.15) is 0 Å². The van der Waals surface area contributed by atoms with Gasteiger partial charge in [0.05, 0.1) is 5.52 Å². The maximum atomic E-state index is 9.95. The summed E-state index contributed by atoms with van der Waals surface area (Å²) in [6.07, 6.45) is 1.79. The fraction of sp³-hybridized carbons (Fsp3) is 0.182. The van der Waals surface area contributed by atoms with Crippen LogP contribution in [0, 0.1) is 0 Å². The minimum atomic E-state index is -2.21. The van der Waals surface area contributed by atoms with Crippen molar-refractivity contribution in [3.8, 4) is 0 Å². The van der Waals surface area contributed by atoms with Crippen LogP contribution in [-0.2, 0) is 0 Å². The molecule has 72 valence electrons. The zero-order valence-corrected chi connectivity index (χ0v) is 9.36. The van der Waals surface area contributed by atoms with E-state index in [2.05, 4.69) is 4.98 Å². The highest BCUT2D eigenvalue weighted by molar-refractivity contribution is 6.83. The molecule has 0 saturated heterocycles. The molecule has 14 heavy (non-hydrogen) atoms. The molecule has 1 aromatic heterocycles. The first-order chi connectivity index (χ1) is 6.57. The maximum Gasteiger partial charge on any atom is 0.215 e. The van der Waals surface area contributed by atoms with E-state index in [1.165, 1.54) is 0 Å². The first kappa shape index (κ1) is 9.37. The minimum Gasteiger partial charge on any atom is -0.428 e. The van der Waals surface area contributed by atoms with Gasteiger partial charge in [-0.1, -0.05) is 18.2 Å². The molecule has 2 aromatic rings. The van der Waals surface area contributed by atoms with E-state index < -0.39 is 8.32 Å². The van der Waals surface area contributed by atoms with Crippen molar-refractivity contribution in [2.24, 2.45) is 0 Å². The lowest BCUT2D eigenvalue weighted by molar-refractivity contribution is 0.568. The molecule has 2 rings (SSSR count). The van der Waals surface area contributed by atoms with E-state index in [0.29, 0.717) is 0 Å². The number of pyridine rings is 1. The first-order valence-electron chi connectivity index (χ1n) is 4.65. The Morgan fingerprint density at radius 2 is 1.93 bits per heavy atom. The SMILES string of the molecule is C[Si](C)(O)c1cnc2ccccc2c1. The van der Waals surface area contributed by atoms with Gasteiger partial charge in [0.2, 0.25) is 8.32 Å². The number of hydrogen-bond acceptors (Lipinski definition) is 2. The summed E-state index contributed by atoms with van der Waals surface area (Å²) in [7, 11) is -2.21. The van der Waals surface area contributed by atoms with Gasteiger partial charge in [-0.2, -0.15) is 0 Å². The Labute approximate surface area is 84.4 Å². The molecule has 0 aliphatic rings. The van der Waals surface area contributed by atoms with E-state index in [4.69, 9.17) is 0 Å². The molecule has 0 spiro atoms. The summed E-state index contributed by atoms with van der Waals surface area (Å²) >= 11 is 0. The molecule has 1 heterocycles. The fourth-order valence-corrected chi connectivity index (χ4v) is 2.29. The van der Waals surface area contributed by atoms with Gasteiger partial charge in [-0.3, -0.25) is 4.98 Å². The van der Waals surface area contributed by atoms with Crippen LogP contribution in [0.25, 0.3) is 10.9 Å². The van der Waals surface area contributed by atoms with E-state index in [1.807, 2.05) is 43.4 Å². The van der Waals surface area contributed by atoms with Crippen molar-refractivity contribution in [1.82, 2.24) is 4.98 Å². The van der Waals surface area contributed by atoms with Gasteiger partial charge in [-0.15, -0.1) is 0 Å². The van der Waals surface area contributed by atoms with Crippen molar-refractivity contribution in [2.75, 3.05) is 0 Å². The van der Waals surface area contributed by atoms with Crippen LogP contribution in [0.15, 0.2) is 36.5 Å². The first-order valence-corrected chi connectivity index (χ1v) is 7.60. The van der Waals surface area contributed by atoms with Crippen molar-refractivity contribution < 1.29 is 4.80 Å². The topological polar surface area (TPSA) is 33.1 Å². The van der Waals surface area contributed by atoms with Crippen molar-refractivity contribution in [3.05, 3.63) is 36.5 Å². The monoisotopic (exact) mass is 203 g/mol. The molecule has 0 aliphatic carbocycles. The van der Waals surface area contributed by atoms with Crippen molar-refractivity contribution in [2.45, 2.75) is 13.1 Å². The van der Waals surface area contributed by atoms with Crippen molar-refractivity contribution in [3.63, 3.8) is 0 Å². The molecule has 0 unspecified atom stereocenters. The lowest BCUT2D eigenvalue weighted by Crippen LogP contribution is -2.41. The van der Waals surface area contributed by atoms with E-state index in [1.54, 1.807) is 6.20 Å². The van der Waals surface area contributed by atoms with Gasteiger partial charge in [0.1, 0.15) is 0 Å². The van der Waals surface area contributed by atoms with Crippen LogP contribution >= 0.6 is 0 Å². The molecule has 0 saturated carbocycles. The highest BCUT2D eigenvalue weighted by Crippen LogP contribution is 2.10. The number of nitrogens with zero attached hydrogens (tertiary/aromatic N) is 1. The van der Waals surface area contributed by atoms with Gasteiger partial charge < -0.3 is 4.80 Å². The third-order valence-corrected chi connectivity index (χ3v) is 3.98. The lowest BCUT2D eigenvalue weighted by Gasteiger charge is -2.14. The zero-order chi connectivity index (χ0) is 10.2. The Morgan fingerprint density at radius 1 is 1.21 bits per heavy atom. The Kier molecular flexibility index (Phi) is 2.13. The Balaban J connectivity index is 2.63. The number of aromatic nitrogens is 1. The summed E-state index contributed by atoms with van der Waals surface area (Å²) in [5.74, 6) is 0. The fourth-order valence-electron chi connectivity index (χ4n) is 1.41. The van der Waals surface area contributed by atoms with E-state index in [0.717, 1.165) is 16.1 Å². The molecule has 0 fully saturated rings. The summed E-state index contributed by atoms with van der Waals surface area (Å²) in [5, 5.41) is 2.08. The largest absolute Gasteiger partial charge is 0.428 e. The molecule has 1 aromatic carbocycles. The van der Waals surface area contributed by atoms with Gasteiger partial charge in [0.25, 0.3) is 0 Å². The molecule has 0 amide bonds. The number of fused-ring (bicyclic) bond motifs is 1. The van der Waals surface area contributed by atoms with Crippen molar-refractivity contribution in [1.29, 1.82) is 0 Å². The highest BCUT2D eigenvalue weighted by atomic mass is 28.4.